The van der Waals surface area contributed by atoms with Gasteiger partial charge in [-0.1, -0.05) is 13.8 Å². The maximum Gasteiger partial charge on any atom is 0.0246 e. The second kappa shape index (κ2) is 5.99. The molecular formula is C13H29N3. The van der Waals surface area contributed by atoms with Gasteiger partial charge in [0.2, 0.25) is 0 Å². The number of likely N-dealkylation sites (N-methyl/N-ethyl adjacent to an activating group) is 1. The first-order valence-corrected chi connectivity index (χ1v) is 6.59. The molecule has 0 saturated carbocycles. The van der Waals surface area contributed by atoms with Crippen LogP contribution in [0.1, 0.15) is 34.1 Å². The van der Waals surface area contributed by atoms with E-state index in [4.69, 9.17) is 0 Å². The molecule has 0 aromatic rings. The zero-order valence-corrected chi connectivity index (χ0v) is 11.6. The first-order chi connectivity index (χ1) is 7.47. The Balaban J connectivity index is 2.47. The Labute approximate surface area is 101 Å². The van der Waals surface area contributed by atoms with Crippen LogP contribution in [0.25, 0.3) is 0 Å². The Morgan fingerprint density at radius 1 is 1.44 bits per heavy atom. The van der Waals surface area contributed by atoms with E-state index in [1.165, 1.54) is 19.5 Å². The molecule has 1 rings (SSSR count). The van der Waals surface area contributed by atoms with Gasteiger partial charge in [0.1, 0.15) is 0 Å². The van der Waals surface area contributed by atoms with Crippen molar-refractivity contribution in [2.45, 2.75) is 46.2 Å². The summed E-state index contributed by atoms with van der Waals surface area (Å²) < 4.78 is 0. The van der Waals surface area contributed by atoms with Gasteiger partial charge in [0.15, 0.2) is 0 Å². The normalized spacial score (nSPS) is 24.6. The molecule has 96 valence electrons. The summed E-state index contributed by atoms with van der Waals surface area (Å²) in [6, 6.07) is 1.28. The lowest BCUT2D eigenvalue weighted by atomic mass is 9.84. The summed E-state index contributed by atoms with van der Waals surface area (Å²) >= 11 is 0. The average molecular weight is 227 g/mol. The van der Waals surface area contributed by atoms with Gasteiger partial charge in [0.25, 0.3) is 0 Å². The van der Waals surface area contributed by atoms with Gasteiger partial charge < -0.3 is 10.6 Å². The van der Waals surface area contributed by atoms with Crippen LogP contribution in [-0.2, 0) is 0 Å². The Hall–Kier alpha value is -0.120. The molecule has 1 aliphatic heterocycles. The fraction of sp³-hybridized carbons (Fsp3) is 1.00. The van der Waals surface area contributed by atoms with Crippen LogP contribution in [0.5, 0.6) is 0 Å². The van der Waals surface area contributed by atoms with Crippen molar-refractivity contribution >= 4 is 0 Å². The molecule has 0 amide bonds. The quantitative estimate of drug-likeness (QED) is 0.716. The van der Waals surface area contributed by atoms with Crippen LogP contribution in [0.4, 0.5) is 0 Å². The molecule has 0 aromatic heterocycles. The first kappa shape index (κ1) is 13.9. The fourth-order valence-corrected chi connectivity index (χ4v) is 2.38. The van der Waals surface area contributed by atoms with Gasteiger partial charge in [0, 0.05) is 31.7 Å². The largest absolute Gasteiger partial charge is 0.318 e. The average Bonchev–Trinajstić information content (AvgIpc) is 2.52. The SMILES string of the molecule is CNCCN(CC1NCCC1(C)C)C(C)C. The van der Waals surface area contributed by atoms with Crippen molar-refractivity contribution in [1.29, 1.82) is 0 Å². The van der Waals surface area contributed by atoms with E-state index in [0.717, 1.165) is 13.1 Å². The molecule has 3 nitrogen and oxygen atoms in total. The van der Waals surface area contributed by atoms with Gasteiger partial charge in [-0.2, -0.15) is 0 Å². The summed E-state index contributed by atoms with van der Waals surface area (Å²) in [5, 5.41) is 6.88. The minimum Gasteiger partial charge on any atom is -0.318 e. The topological polar surface area (TPSA) is 27.3 Å². The lowest BCUT2D eigenvalue weighted by Crippen LogP contribution is -2.47. The molecule has 2 N–H and O–H groups in total. The highest BCUT2D eigenvalue weighted by Crippen LogP contribution is 2.30. The molecule has 1 saturated heterocycles. The summed E-state index contributed by atoms with van der Waals surface area (Å²) in [6.07, 6.45) is 1.30. The van der Waals surface area contributed by atoms with E-state index < -0.39 is 0 Å². The lowest BCUT2D eigenvalue weighted by Gasteiger charge is -2.34. The fourth-order valence-electron chi connectivity index (χ4n) is 2.38. The number of nitrogens with zero attached hydrogens (tertiary/aromatic N) is 1. The van der Waals surface area contributed by atoms with Gasteiger partial charge in [-0.3, -0.25) is 4.90 Å². The van der Waals surface area contributed by atoms with Crippen molar-refractivity contribution in [3.05, 3.63) is 0 Å². The zero-order valence-electron chi connectivity index (χ0n) is 11.6. The molecule has 1 atom stereocenters. The van der Waals surface area contributed by atoms with Gasteiger partial charge in [0.05, 0.1) is 0 Å². The van der Waals surface area contributed by atoms with Crippen LogP contribution in [0, 0.1) is 5.41 Å². The van der Waals surface area contributed by atoms with E-state index in [2.05, 4.69) is 43.2 Å². The van der Waals surface area contributed by atoms with Gasteiger partial charge >= 0.3 is 0 Å². The maximum atomic E-state index is 3.65. The Kier molecular flexibility index (Phi) is 5.22. The smallest absolute Gasteiger partial charge is 0.0246 e. The second-order valence-corrected chi connectivity index (χ2v) is 5.94. The minimum atomic E-state index is 0.451. The molecule has 1 unspecified atom stereocenters. The van der Waals surface area contributed by atoms with Gasteiger partial charge in [-0.15, -0.1) is 0 Å². The van der Waals surface area contributed by atoms with Crippen LogP contribution in [0.2, 0.25) is 0 Å². The second-order valence-electron chi connectivity index (χ2n) is 5.94. The summed E-state index contributed by atoms with van der Waals surface area (Å²) in [7, 11) is 2.02. The van der Waals surface area contributed by atoms with Crippen molar-refractivity contribution < 1.29 is 0 Å². The van der Waals surface area contributed by atoms with Gasteiger partial charge in [-0.05, 0) is 39.3 Å². The number of nitrogens with one attached hydrogen (secondary N) is 2. The third-order valence-electron chi connectivity index (χ3n) is 3.90. The highest BCUT2D eigenvalue weighted by molar-refractivity contribution is 4.93. The standard InChI is InChI=1S/C13H29N3/c1-11(2)16(9-8-14-5)10-12-13(3,4)6-7-15-12/h11-12,14-15H,6-10H2,1-5H3. The Bertz CT molecular complexity index is 201. The molecular weight excluding hydrogens is 198 g/mol. The molecule has 1 aliphatic rings. The van der Waals surface area contributed by atoms with Crippen molar-refractivity contribution in [3.63, 3.8) is 0 Å². The molecule has 0 radical (unpaired) electrons. The lowest BCUT2D eigenvalue weighted by molar-refractivity contribution is 0.165. The van der Waals surface area contributed by atoms with Crippen LogP contribution in [-0.4, -0.2) is 50.2 Å². The van der Waals surface area contributed by atoms with E-state index in [1.807, 2.05) is 7.05 Å². The maximum absolute atomic E-state index is 3.65. The van der Waals surface area contributed by atoms with E-state index >= 15 is 0 Å². The Morgan fingerprint density at radius 3 is 2.56 bits per heavy atom. The highest BCUT2D eigenvalue weighted by Gasteiger charge is 2.35. The first-order valence-electron chi connectivity index (χ1n) is 6.59. The summed E-state index contributed by atoms with van der Waals surface area (Å²) in [5.41, 5.74) is 0.451. The zero-order chi connectivity index (χ0) is 12.2. The van der Waals surface area contributed by atoms with Crippen LogP contribution in [0.15, 0.2) is 0 Å². The molecule has 1 fully saturated rings. The molecule has 0 aliphatic carbocycles. The van der Waals surface area contributed by atoms with E-state index in [0.29, 0.717) is 17.5 Å². The number of rotatable bonds is 6. The predicted octanol–water partition coefficient (Wildman–Crippen LogP) is 1.30. The number of hydrogen-bond donors (Lipinski definition) is 2. The van der Waals surface area contributed by atoms with E-state index in [1.54, 1.807) is 0 Å². The Morgan fingerprint density at radius 2 is 2.12 bits per heavy atom. The van der Waals surface area contributed by atoms with E-state index in [9.17, 15) is 0 Å². The van der Waals surface area contributed by atoms with Crippen molar-refractivity contribution in [1.82, 2.24) is 15.5 Å². The molecule has 0 spiro atoms. The van der Waals surface area contributed by atoms with Gasteiger partial charge in [-0.25, -0.2) is 0 Å². The molecule has 3 heteroatoms. The minimum absolute atomic E-state index is 0.451. The van der Waals surface area contributed by atoms with Crippen molar-refractivity contribution in [2.24, 2.45) is 5.41 Å². The molecule has 0 bridgehead atoms. The number of hydrogen-bond acceptors (Lipinski definition) is 3. The van der Waals surface area contributed by atoms with Crippen molar-refractivity contribution in [3.8, 4) is 0 Å². The highest BCUT2D eigenvalue weighted by atomic mass is 15.2. The molecule has 0 aromatic carbocycles. The molecule has 1 heterocycles. The van der Waals surface area contributed by atoms with Crippen molar-refractivity contribution in [2.75, 3.05) is 33.2 Å². The summed E-state index contributed by atoms with van der Waals surface area (Å²) in [5.74, 6) is 0. The van der Waals surface area contributed by atoms with Crippen LogP contribution >= 0.6 is 0 Å². The molecule has 16 heavy (non-hydrogen) atoms. The third-order valence-corrected chi connectivity index (χ3v) is 3.90. The summed E-state index contributed by atoms with van der Waals surface area (Å²) in [6.45, 7) is 13.9. The van der Waals surface area contributed by atoms with Crippen LogP contribution < -0.4 is 10.6 Å². The predicted molar refractivity (Wildman–Crippen MR) is 70.8 cm³/mol. The third kappa shape index (κ3) is 3.72. The monoisotopic (exact) mass is 227 g/mol. The van der Waals surface area contributed by atoms with Crippen LogP contribution in [0.3, 0.4) is 0 Å². The van der Waals surface area contributed by atoms with E-state index in [-0.39, 0.29) is 0 Å². The summed E-state index contributed by atoms with van der Waals surface area (Å²) in [4.78, 5) is 2.57.